The van der Waals surface area contributed by atoms with Crippen molar-refractivity contribution in [2.45, 2.75) is 18.3 Å². The van der Waals surface area contributed by atoms with Gasteiger partial charge in [0.1, 0.15) is 9.84 Å². The molecule has 1 fully saturated rings. The van der Waals surface area contributed by atoms with Gasteiger partial charge >= 0.3 is 0 Å². The van der Waals surface area contributed by atoms with Crippen LogP contribution in [0, 0.1) is 5.92 Å². The fraction of sp³-hybridized carbons (Fsp3) is 1.00. The molecule has 0 aromatic heterocycles. The Morgan fingerprint density at radius 2 is 1.64 bits per heavy atom. The van der Waals surface area contributed by atoms with Gasteiger partial charge in [-0.2, -0.15) is 8.42 Å². The Morgan fingerprint density at radius 1 is 1.21 bits per heavy atom. The number of aliphatic hydroxyl groups excluding tert-OH is 1. The van der Waals surface area contributed by atoms with Gasteiger partial charge in [-0.15, -0.1) is 0 Å². The minimum atomic E-state index is -4.48. The smallest absolute Gasteiger partial charge is 0.292 e. The van der Waals surface area contributed by atoms with Gasteiger partial charge in [0.15, 0.2) is 5.44 Å². The zero-order valence-electron chi connectivity index (χ0n) is 7.33. The van der Waals surface area contributed by atoms with E-state index in [2.05, 4.69) is 0 Å². The molecule has 1 aliphatic heterocycles. The molecule has 1 atom stereocenters. The summed E-state index contributed by atoms with van der Waals surface area (Å²) >= 11 is 0. The van der Waals surface area contributed by atoms with E-state index < -0.39 is 31.3 Å². The molecule has 0 spiro atoms. The number of rotatable bonds is 2. The highest BCUT2D eigenvalue weighted by molar-refractivity contribution is 7.91. The molecule has 0 aromatic carbocycles. The minimum Gasteiger partial charge on any atom is -0.375 e. The van der Waals surface area contributed by atoms with Crippen LogP contribution in [0.1, 0.15) is 12.8 Å². The van der Waals surface area contributed by atoms with Crippen molar-refractivity contribution in [3.8, 4) is 0 Å². The molecule has 0 saturated carbocycles. The Labute approximate surface area is 82.6 Å². The Bertz CT molecular complexity index is 380. The maximum Gasteiger partial charge on any atom is 0.292 e. The van der Waals surface area contributed by atoms with Crippen molar-refractivity contribution in [3.05, 3.63) is 0 Å². The lowest BCUT2D eigenvalue weighted by Gasteiger charge is -2.24. The number of hydrogen-bond donors (Lipinski definition) is 2. The number of hydrogen-bond acceptors (Lipinski definition) is 5. The minimum absolute atomic E-state index is 0.0727. The van der Waals surface area contributed by atoms with E-state index >= 15 is 0 Å². The first-order valence-corrected chi connectivity index (χ1v) is 7.39. The van der Waals surface area contributed by atoms with Crippen LogP contribution < -0.4 is 0 Å². The second-order valence-electron chi connectivity index (χ2n) is 3.39. The Balaban J connectivity index is 2.68. The normalized spacial score (nSPS) is 25.9. The van der Waals surface area contributed by atoms with Crippen LogP contribution in [-0.2, 0) is 20.0 Å². The van der Waals surface area contributed by atoms with Crippen molar-refractivity contribution in [2.75, 3.05) is 11.5 Å². The van der Waals surface area contributed by atoms with Crippen molar-refractivity contribution in [2.24, 2.45) is 5.92 Å². The van der Waals surface area contributed by atoms with Gasteiger partial charge in [-0.25, -0.2) is 8.42 Å². The molecule has 14 heavy (non-hydrogen) atoms. The van der Waals surface area contributed by atoms with Gasteiger partial charge in [-0.1, -0.05) is 0 Å². The summed E-state index contributed by atoms with van der Waals surface area (Å²) < 4.78 is 51.6. The molecule has 1 aliphatic rings. The molecular weight excluding hydrogens is 232 g/mol. The van der Waals surface area contributed by atoms with Crippen LogP contribution in [0.4, 0.5) is 0 Å². The standard InChI is InChI=1S/C6H12O6S2/c7-6(14(10,11)12)5-1-3-13(8,9)4-2-5/h5-7H,1-4H2,(H,10,11,12). The molecule has 0 bridgehead atoms. The summed E-state index contributed by atoms with van der Waals surface area (Å²) in [4.78, 5) is 0. The van der Waals surface area contributed by atoms with Crippen LogP contribution in [0.15, 0.2) is 0 Å². The summed E-state index contributed by atoms with van der Waals surface area (Å²) in [5.41, 5.74) is -1.86. The summed E-state index contributed by atoms with van der Waals surface area (Å²) in [5.74, 6) is -0.956. The van der Waals surface area contributed by atoms with E-state index in [0.29, 0.717) is 0 Å². The van der Waals surface area contributed by atoms with Gasteiger partial charge in [0.05, 0.1) is 11.5 Å². The van der Waals surface area contributed by atoms with E-state index in [0.717, 1.165) is 0 Å². The highest BCUT2D eigenvalue weighted by atomic mass is 32.2. The quantitative estimate of drug-likeness (QED) is 0.604. The van der Waals surface area contributed by atoms with E-state index in [1.165, 1.54) is 0 Å². The average Bonchev–Trinajstić information content (AvgIpc) is 2.01. The third kappa shape index (κ3) is 2.91. The van der Waals surface area contributed by atoms with Gasteiger partial charge < -0.3 is 5.11 Å². The van der Waals surface area contributed by atoms with Crippen LogP contribution in [0.2, 0.25) is 0 Å². The molecule has 1 unspecified atom stereocenters. The Kier molecular flexibility index (Phi) is 3.20. The number of aliphatic hydroxyl groups is 1. The molecular formula is C6H12O6S2. The van der Waals surface area contributed by atoms with E-state index in [4.69, 9.17) is 9.66 Å². The maximum absolute atomic E-state index is 11.0. The van der Waals surface area contributed by atoms with Crippen molar-refractivity contribution in [1.29, 1.82) is 0 Å². The van der Waals surface area contributed by atoms with Gasteiger partial charge in [0.2, 0.25) is 0 Å². The monoisotopic (exact) mass is 244 g/mol. The molecule has 0 aromatic rings. The molecule has 6 nitrogen and oxygen atoms in total. The lowest BCUT2D eigenvalue weighted by atomic mass is 10.0. The summed E-state index contributed by atoms with van der Waals surface area (Å²) in [7, 11) is -7.56. The van der Waals surface area contributed by atoms with Gasteiger partial charge in [0.25, 0.3) is 10.1 Å². The van der Waals surface area contributed by atoms with Crippen LogP contribution in [-0.4, -0.2) is 43.4 Å². The maximum atomic E-state index is 11.0. The van der Waals surface area contributed by atoms with E-state index in [9.17, 15) is 16.8 Å². The largest absolute Gasteiger partial charge is 0.375 e. The lowest BCUT2D eigenvalue weighted by molar-refractivity contribution is 0.160. The first-order valence-electron chi connectivity index (χ1n) is 4.07. The average molecular weight is 244 g/mol. The topological polar surface area (TPSA) is 109 Å². The van der Waals surface area contributed by atoms with Crippen molar-refractivity contribution < 1.29 is 26.5 Å². The van der Waals surface area contributed by atoms with Crippen LogP contribution in [0.3, 0.4) is 0 Å². The molecule has 0 amide bonds. The summed E-state index contributed by atoms with van der Waals surface area (Å²) in [5, 5.41) is 9.15. The van der Waals surface area contributed by atoms with Gasteiger partial charge in [-0.05, 0) is 12.8 Å². The third-order valence-electron chi connectivity index (χ3n) is 2.31. The SMILES string of the molecule is O=S1(=O)CCC(C(O)S(=O)(=O)O)CC1. The predicted octanol–water partition coefficient (Wildman–Crippen LogP) is -0.983. The first-order chi connectivity index (χ1) is 6.22. The summed E-state index contributed by atoms with van der Waals surface area (Å²) in [6, 6.07) is 0. The second-order valence-corrected chi connectivity index (χ2v) is 7.21. The van der Waals surface area contributed by atoms with Crippen molar-refractivity contribution in [1.82, 2.24) is 0 Å². The summed E-state index contributed by atoms with van der Waals surface area (Å²) in [6.07, 6.45) is 0.145. The molecule has 84 valence electrons. The highest BCUT2D eigenvalue weighted by Crippen LogP contribution is 2.24. The molecule has 8 heteroatoms. The summed E-state index contributed by atoms with van der Waals surface area (Å²) in [6.45, 7) is 0. The van der Waals surface area contributed by atoms with E-state index in [-0.39, 0.29) is 24.3 Å². The van der Waals surface area contributed by atoms with Gasteiger partial charge in [-0.3, -0.25) is 4.55 Å². The van der Waals surface area contributed by atoms with E-state index in [1.807, 2.05) is 0 Å². The second kappa shape index (κ2) is 3.76. The fourth-order valence-corrected chi connectivity index (χ4v) is 3.72. The zero-order chi connectivity index (χ0) is 11.0. The Morgan fingerprint density at radius 3 is 2.00 bits per heavy atom. The fourth-order valence-electron chi connectivity index (χ4n) is 1.44. The van der Waals surface area contributed by atoms with Gasteiger partial charge in [0, 0.05) is 5.92 Å². The predicted molar refractivity (Wildman–Crippen MR) is 48.9 cm³/mol. The van der Waals surface area contributed by atoms with Crippen LogP contribution in [0.5, 0.6) is 0 Å². The first kappa shape index (κ1) is 11.9. The molecule has 1 rings (SSSR count). The van der Waals surface area contributed by atoms with Crippen LogP contribution in [0.25, 0.3) is 0 Å². The molecule has 2 N–H and O–H groups in total. The highest BCUT2D eigenvalue weighted by Gasteiger charge is 2.34. The third-order valence-corrected chi connectivity index (χ3v) is 5.02. The lowest BCUT2D eigenvalue weighted by Crippen LogP contribution is -2.35. The van der Waals surface area contributed by atoms with Crippen molar-refractivity contribution in [3.63, 3.8) is 0 Å². The zero-order valence-corrected chi connectivity index (χ0v) is 8.96. The van der Waals surface area contributed by atoms with Crippen molar-refractivity contribution >= 4 is 20.0 Å². The number of sulfone groups is 1. The molecule has 1 saturated heterocycles. The molecule has 0 radical (unpaired) electrons. The molecule has 1 heterocycles. The molecule has 0 aliphatic carbocycles. The van der Waals surface area contributed by atoms with E-state index in [1.54, 1.807) is 0 Å². The Hall–Kier alpha value is -0.180. The van der Waals surface area contributed by atoms with Crippen LogP contribution >= 0.6 is 0 Å².